The molecular weight excluding hydrogens is 324 g/mol. The van der Waals surface area contributed by atoms with Crippen LogP contribution in [0.3, 0.4) is 0 Å². The highest BCUT2D eigenvalue weighted by Gasteiger charge is 2.42. The highest BCUT2D eigenvalue weighted by Crippen LogP contribution is 2.51. The zero-order valence-corrected chi connectivity index (χ0v) is 17.2. The summed E-state index contributed by atoms with van der Waals surface area (Å²) in [6.45, 7) is 9.22. The topological polar surface area (TPSA) is 27.7 Å². The third kappa shape index (κ3) is 3.72. The van der Waals surface area contributed by atoms with E-state index in [1.165, 1.54) is 12.0 Å². The highest BCUT2D eigenvalue weighted by molar-refractivity contribution is 5.53. The monoisotopic (exact) mass is 358 g/mol. The van der Waals surface area contributed by atoms with Crippen molar-refractivity contribution in [1.82, 2.24) is 0 Å². The summed E-state index contributed by atoms with van der Waals surface area (Å²) in [5.41, 5.74) is 1.10. The summed E-state index contributed by atoms with van der Waals surface area (Å²) in [5.74, 6) is 4.98. The Balaban J connectivity index is 1.99. The molecule has 0 aromatic heterocycles. The average Bonchev–Trinajstić information content (AvgIpc) is 2.60. The maximum absolute atomic E-state index is 6.62. The van der Waals surface area contributed by atoms with E-state index in [1.54, 1.807) is 14.2 Å². The first-order valence-corrected chi connectivity index (χ1v) is 10.0. The number of methoxy groups -OCH3 is 2. The average molecular weight is 359 g/mol. The van der Waals surface area contributed by atoms with Crippen molar-refractivity contribution in [2.75, 3.05) is 14.2 Å². The Kier molecular flexibility index (Phi) is 5.55. The second-order valence-electron chi connectivity index (χ2n) is 8.75. The van der Waals surface area contributed by atoms with Gasteiger partial charge in [0.05, 0.1) is 14.2 Å². The van der Waals surface area contributed by atoms with Gasteiger partial charge in [-0.1, -0.05) is 33.8 Å². The largest absolute Gasteiger partial charge is 0.493 e. The van der Waals surface area contributed by atoms with Crippen molar-refractivity contribution in [3.8, 4) is 17.2 Å². The first kappa shape index (κ1) is 19.1. The van der Waals surface area contributed by atoms with Crippen LogP contribution >= 0.6 is 0 Å². The third-order valence-electron chi connectivity index (χ3n) is 6.02. The second-order valence-corrected chi connectivity index (χ2v) is 8.75. The summed E-state index contributed by atoms with van der Waals surface area (Å²) in [5, 5.41) is 0. The molecule has 0 fully saturated rings. The normalized spacial score (nSPS) is 27.5. The molecule has 0 bridgehead atoms. The van der Waals surface area contributed by atoms with E-state index in [1.807, 2.05) is 6.07 Å². The molecule has 2 aliphatic rings. The molecule has 3 nitrogen and oxygen atoms in total. The molecule has 1 aromatic rings. The molecule has 1 aromatic carbocycles. The van der Waals surface area contributed by atoms with Gasteiger partial charge in [-0.05, 0) is 61.5 Å². The molecule has 1 spiro atoms. The summed E-state index contributed by atoms with van der Waals surface area (Å²) < 4.78 is 17.7. The molecule has 1 aliphatic carbocycles. The summed E-state index contributed by atoms with van der Waals surface area (Å²) >= 11 is 0. The van der Waals surface area contributed by atoms with Crippen molar-refractivity contribution >= 4 is 0 Å². The lowest BCUT2D eigenvalue weighted by molar-refractivity contribution is 0.0550. The fraction of sp³-hybridized carbons (Fsp3) is 0.652. The number of hydrogen-bond donors (Lipinski definition) is 0. The van der Waals surface area contributed by atoms with E-state index in [0.717, 1.165) is 36.5 Å². The number of ether oxygens (including phenoxy) is 3. The van der Waals surface area contributed by atoms with Gasteiger partial charge in [0.25, 0.3) is 0 Å². The van der Waals surface area contributed by atoms with Crippen molar-refractivity contribution in [3.63, 3.8) is 0 Å². The first-order valence-electron chi connectivity index (χ1n) is 10.0. The van der Waals surface area contributed by atoms with E-state index in [9.17, 15) is 0 Å². The number of hydrogen-bond acceptors (Lipinski definition) is 3. The molecule has 144 valence electrons. The van der Waals surface area contributed by atoms with Crippen molar-refractivity contribution in [3.05, 3.63) is 29.8 Å². The minimum atomic E-state index is -0.169. The number of fused-ring (bicyclic) bond motifs is 1. The van der Waals surface area contributed by atoms with Crippen LogP contribution in [-0.2, 0) is 0 Å². The van der Waals surface area contributed by atoms with Gasteiger partial charge in [0, 0.05) is 11.6 Å². The summed E-state index contributed by atoms with van der Waals surface area (Å²) in [4.78, 5) is 0. The van der Waals surface area contributed by atoms with Crippen LogP contribution in [-0.4, -0.2) is 19.8 Å². The maximum Gasteiger partial charge on any atom is 0.164 e. The molecule has 1 aliphatic heterocycles. The van der Waals surface area contributed by atoms with Gasteiger partial charge in [-0.15, -0.1) is 0 Å². The van der Waals surface area contributed by atoms with E-state index in [0.29, 0.717) is 23.7 Å². The van der Waals surface area contributed by atoms with Gasteiger partial charge in [-0.3, -0.25) is 0 Å². The lowest BCUT2D eigenvalue weighted by atomic mass is 9.72. The van der Waals surface area contributed by atoms with Crippen molar-refractivity contribution in [2.45, 2.75) is 64.9 Å². The summed E-state index contributed by atoms with van der Waals surface area (Å²) in [7, 11) is 3.38. The van der Waals surface area contributed by atoms with Crippen LogP contribution in [0.25, 0.3) is 0 Å². The van der Waals surface area contributed by atoms with Crippen LogP contribution in [0.1, 0.15) is 64.9 Å². The fourth-order valence-electron chi connectivity index (χ4n) is 4.55. The molecule has 0 radical (unpaired) electrons. The lowest BCUT2D eigenvalue weighted by Crippen LogP contribution is -2.42. The van der Waals surface area contributed by atoms with Gasteiger partial charge in [0.15, 0.2) is 11.5 Å². The van der Waals surface area contributed by atoms with Gasteiger partial charge >= 0.3 is 0 Å². The van der Waals surface area contributed by atoms with Crippen LogP contribution in [0.5, 0.6) is 17.2 Å². The van der Waals surface area contributed by atoms with Crippen molar-refractivity contribution in [1.29, 1.82) is 0 Å². The molecule has 3 atom stereocenters. The third-order valence-corrected chi connectivity index (χ3v) is 6.02. The van der Waals surface area contributed by atoms with Crippen LogP contribution in [0.15, 0.2) is 24.3 Å². The molecule has 3 rings (SSSR count). The fourth-order valence-corrected chi connectivity index (χ4v) is 4.55. The van der Waals surface area contributed by atoms with E-state index < -0.39 is 0 Å². The lowest BCUT2D eigenvalue weighted by Gasteiger charge is -2.44. The molecular formula is C23H34O3. The standard InChI is InChI=1S/C23H34O3/c1-15(2)11-18-14-23(9-7-17(8-10-23)16(3)4)26-20-13-22(25-6)21(24-5)12-19(18)20/h7,9,12-13,15-18H,8,10-11,14H2,1-6H3. The Hall–Kier alpha value is -1.64. The number of benzene rings is 1. The number of rotatable bonds is 5. The SMILES string of the molecule is COc1cc2c(cc1OC)C(CC(C)C)CC1(C=CC(C(C)C)CC1)O2. The maximum atomic E-state index is 6.62. The molecule has 26 heavy (non-hydrogen) atoms. The van der Waals surface area contributed by atoms with Crippen LogP contribution in [0, 0.1) is 17.8 Å². The van der Waals surface area contributed by atoms with E-state index in [4.69, 9.17) is 14.2 Å². The predicted molar refractivity (Wildman–Crippen MR) is 106 cm³/mol. The summed E-state index contributed by atoms with van der Waals surface area (Å²) in [6, 6.07) is 4.14. The zero-order chi connectivity index (χ0) is 18.9. The highest BCUT2D eigenvalue weighted by atomic mass is 16.5. The molecule has 0 saturated heterocycles. The van der Waals surface area contributed by atoms with E-state index in [2.05, 4.69) is 45.9 Å². The van der Waals surface area contributed by atoms with E-state index in [-0.39, 0.29) is 5.60 Å². The predicted octanol–water partition coefficient (Wildman–Crippen LogP) is 5.98. The minimum Gasteiger partial charge on any atom is -0.493 e. The second kappa shape index (κ2) is 7.54. The first-order chi connectivity index (χ1) is 12.4. The van der Waals surface area contributed by atoms with Crippen LogP contribution in [0.2, 0.25) is 0 Å². The van der Waals surface area contributed by atoms with Gasteiger partial charge < -0.3 is 14.2 Å². The van der Waals surface area contributed by atoms with Gasteiger partial charge in [0.2, 0.25) is 0 Å². The Morgan fingerprint density at radius 2 is 1.81 bits per heavy atom. The molecule has 0 N–H and O–H groups in total. The molecule has 1 heterocycles. The quantitative estimate of drug-likeness (QED) is 0.606. The minimum absolute atomic E-state index is 0.169. The Bertz CT molecular complexity index is 662. The molecule has 3 heteroatoms. The molecule has 0 amide bonds. The summed E-state index contributed by atoms with van der Waals surface area (Å²) in [6.07, 6.45) is 9.25. The molecule has 3 unspecified atom stereocenters. The Morgan fingerprint density at radius 3 is 2.35 bits per heavy atom. The Morgan fingerprint density at radius 1 is 1.12 bits per heavy atom. The molecule has 0 saturated carbocycles. The van der Waals surface area contributed by atoms with Gasteiger partial charge in [0.1, 0.15) is 11.4 Å². The van der Waals surface area contributed by atoms with Crippen LogP contribution in [0.4, 0.5) is 0 Å². The number of allylic oxidation sites excluding steroid dienone is 1. The van der Waals surface area contributed by atoms with Gasteiger partial charge in [-0.25, -0.2) is 0 Å². The van der Waals surface area contributed by atoms with Gasteiger partial charge in [-0.2, -0.15) is 0 Å². The van der Waals surface area contributed by atoms with Crippen LogP contribution < -0.4 is 14.2 Å². The van der Waals surface area contributed by atoms with Crippen molar-refractivity contribution < 1.29 is 14.2 Å². The van der Waals surface area contributed by atoms with E-state index >= 15 is 0 Å². The smallest absolute Gasteiger partial charge is 0.164 e. The Labute approximate surface area is 158 Å². The van der Waals surface area contributed by atoms with Crippen molar-refractivity contribution in [2.24, 2.45) is 17.8 Å². The zero-order valence-electron chi connectivity index (χ0n) is 17.2.